The molecule has 2 saturated carbocycles. The highest BCUT2D eigenvalue weighted by atomic mass is 35.5. The number of carbonyl (C=O) groups is 2. The molecule has 6 atom stereocenters. The van der Waals surface area contributed by atoms with Crippen molar-refractivity contribution in [1.29, 1.82) is 0 Å². The Morgan fingerprint density at radius 3 is 2.33 bits per heavy atom. The van der Waals surface area contributed by atoms with Crippen LogP contribution in [-0.2, 0) is 9.59 Å². The van der Waals surface area contributed by atoms with Crippen molar-refractivity contribution in [3.05, 3.63) is 40.9 Å². The molecule has 0 radical (unpaired) electrons. The van der Waals surface area contributed by atoms with E-state index in [9.17, 15) is 9.59 Å². The lowest BCUT2D eigenvalue weighted by molar-refractivity contribution is -0.139. The fourth-order valence-corrected chi connectivity index (χ4v) is 5.23. The summed E-state index contributed by atoms with van der Waals surface area (Å²) < 4.78 is 0. The van der Waals surface area contributed by atoms with Crippen LogP contribution in [0.2, 0.25) is 5.02 Å². The van der Waals surface area contributed by atoms with Crippen LogP contribution < -0.4 is 5.32 Å². The fraction of sp³-hybridized carbons (Fsp3) is 0.474. The average Bonchev–Trinajstić information content (AvgIpc) is 3.35. The van der Waals surface area contributed by atoms with Gasteiger partial charge in [0, 0.05) is 10.7 Å². The van der Waals surface area contributed by atoms with Crippen LogP contribution >= 0.6 is 11.6 Å². The smallest absolute Gasteiger partial charge is 0.235 e. The molecule has 5 aliphatic rings. The number of hydrogen-bond acceptors (Lipinski definition) is 3. The minimum absolute atomic E-state index is 0.000378. The molecule has 0 spiro atoms. The van der Waals surface area contributed by atoms with E-state index >= 15 is 0 Å². The molecule has 4 aliphatic carbocycles. The van der Waals surface area contributed by atoms with Crippen molar-refractivity contribution in [2.24, 2.45) is 35.5 Å². The highest BCUT2D eigenvalue weighted by molar-refractivity contribution is 6.31. The van der Waals surface area contributed by atoms with Gasteiger partial charge in [0.15, 0.2) is 0 Å². The van der Waals surface area contributed by atoms with Gasteiger partial charge in [0.1, 0.15) is 0 Å². The molecule has 4 nitrogen and oxygen atoms in total. The Kier molecular flexibility index (Phi) is 2.94. The normalized spacial score (nSPS) is 38.3. The number of nitrogens with one attached hydrogen (secondary N) is 1. The summed E-state index contributed by atoms with van der Waals surface area (Å²) in [5, 5.41) is 3.85. The van der Waals surface area contributed by atoms with Crippen LogP contribution in [0.25, 0.3) is 0 Å². The van der Waals surface area contributed by atoms with Gasteiger partial charge in [0.2, 0.25) is 11.8 Å². The second kappa shape index (κ2) is 4.85. The van der Waals surface area contributed by atoms with Crippen LogP contribution in [0.15, 0.2) is 30.4 Å². The van der Waals surface area contributed by atoms with Gasteiger partial charge in [0.05, 0.1) is 18.5 Å². The van der Waals surface area contributed by atoms with Crippen molar-refractivity contribution in [1.82, 2.24) is 4.90 Å². The van der Waals surface area contributed by atoms with E-state index < -0.39 is 0 Å². The number of hydrogen-bond donors (Lipinski definition) is 1. The molecule has 5 heteroatoms. The third-order valence-corrected chi connectivity index (χ3v) is 6.77. The molecule has 124 valence electrons. The Hall–Kier alpha value is -1.81. The second-order valence-corrected chi connectivity index (χ2v) is 7.97. The maximum absolute atomic E-state index is 12.9. The number of allylic oxidation sites excluding steroid dienone is 2. The number of aryl methyl sites for hydroxylation is 1. The van der Waals surface area contributed by atoms with Gasteiger partial charge in [0.25, 0.3) is 0 Å². The Morgan fingerprint density at radius 2 is 1.75 bits per heavy atom. The summed E-state index contributed by atoms with van der Waals surface area (Å²) in [6.07, 6.45) is 5.58. The predicted molar refractivity (Wildman–Crippen MR) is 91.2 cm³/mol. The molecule has 1 heterocycles. The number of benzene rings is 1. The number of halogens is 1. The lowest BCUT2D eigenvalue weighted by Gasteiger charge is -2.37. The quantitative estimate of drug-likeness (QED) is 0.678. The molecule has 2 amide bonds. The van der Waals surface area contributed by atoms with E-state index in [2.05, 4.69) is 17.5 Å². The Balaban J connectivity index is 1.36. The summed E-state index contributed by atoms with van der Waals surface area (Å²) in [5.41, 5.74) is 1.83. The van der Waals surface area contributed by atoms with Crippen LogP contribution in [-0.4, -0.2) is 23.4 Å². The number of imide groups is 1. The SMILES string of the molecule is Cc1ccc(NCN2C(=O)[C@@H]3[C@@H]4C=C[C@H]([C@@H]5C[C@@H]45)[C@H]3C2=O)cc1Cl. The summed E-state index contributed by atoms with van der Waals surface area (Å²) in [5.74, 6) is 1.59. The van der Waals surface area contributed by atoms with Gasteiger partial charge < -0.3 is 5.32 Å². The van der Waals surface area contributed by atoms with Crippen LogP contribution in [0.4, 0.5) is 5.69 Å². The zero-order chi connectivity index (χ0) is 16.6. The first-order valence-electron chi connectivity index (χ1n) is 8.60. The first-order chi connectivity index (χ1) is 11.6. The topological polar surface area (TPSA) is 49.4 Å². The van der Waals surface area contributed by atoms with Crippen molar-refractivity contribution >= 4 is 29.1 Å². The van der Waals surface area contributed by atoms with Crippen LogP contribution in [0, 0.1) is 42.4 Å². The number of likely N-dealkylation sites (tertiary alicyclic amines) is 1. The summed E-state index contributed by atoms with van der Waals surface area (Å²) >= 11 is 6.14. The highest BCUT2D eigenvalue weighted by Crippen LogP contribution is 2.65. The molecule has 3 fully saturated rings. The minimum atomic E-state index is -0.125. The van der Waals surface area contributed by atoms with Crippen LogP contribution in [0.1, 0.15) is 12.0 Å². The first kappa shape index (κ1) is 14.5. The van der Waals surface area contributed by atoms with Gasteiger partial charge >= 0.3 is 0 Å². The Bertz CT molecular complexity index is 754. The van der Waals surface area contributed by atoms with Crippen LogP contribution in [0.5, 0.6) is 0 Å². The molecule has 1 aromatic carbocycles. The van der Waals surface area contributed by atoms with Crippen molar-refractivity contribution < 1.29 is 9.59 Å². The van der Waals surface area contributed by atoms with Crippen molar-refractivity contribution in [2.75, 3.05) is 12.0 Å². The number of amides is 2. The molecule has 1 aliphatic heterocycles. The van der Waals surface area contributed by atoms with E-state index in [0.29, 0.717) is 16.9 Å². The van der Waals surface area contributed by atoms with E-state index in [1.807, 2.05) is 25.1 Å². The van der Waals surface area contributed by atoms with Crippen molar-refractivity contribution in [3.8, 4) is 0 Å². The minimum Gasteiger partial charge on any atom is -0.367 e. The summed E-state index contributed by atoms with van der Waals surface area (Å²) in [7, 11) is 0. The van der Waals surface area contributed by atoms with E-state index in [4.69, 9.17) is 11.6 Å². The number of nitrogens with zero attached hydrogens (tertiary/aromatic N) is 1. The molecule has 24 heavy (non-hydrogen) atoms. The maximum atomic E-state index is 12.9. The molecule has 6 rings (SSSR count). The Morgan fingerprint density at radius 1 is 1.12 bits per heavy atom. The summed E-state index contributed by atoms with van der Waals surface area (Å²) in [4.78, 5) is 27.1. The summed E-state index contributed by atoms with van der Waals surface area (Å²) in [6.45, 7) is 2.16. The number of carbonyl (C=O) groups excluding carboxylic acids is 2. The Labute approximate surface area is 145 Å². The monoisotopic (exact) mass is 342 g/mol. The van der Waals surface area contributed by atoms with Gasteiger partial charge in [-0.2, -0.15) is 0 Å². The zero-order valence-corrected chi connectivity index (χ0v) is 14.2. The first-order valence-corrected chi connectivity index (χ1v) is 8.97. The molecular formula is C19H19ClN2O2. The van der Waals surface area contributed by atoms with Gasteiger partial charge in [-0.3, -0.25) is 14.5 Å². The van der Waals surface area contributed by atoms with E-state index in [1.165, 1.54) is 11.3 Å². The van der Waals surface area contributed by atoms with Gasteiger partial charge in [-0.25, -0.2) is 0 Å². The molecular weight excluding hydrogens is 324 g/mol. The fourth-order valence-electron chi connectivity index (χ4n) is 5.05. The van der Waals surface area contributed by atoms with Crippen molar-refractivity contribution in [3.63, 3.8) is 0 Å². The van der Waals surface area contributed by atoms with Gasteiger partial charge in [-0.15, -0.1) is 0 Å². The summed E-state index contributed by atoms with van der Waals surface area (Å²) in [6, 6.07) is 5.67. The number of anilines is 1. The zero-order valence-electron chi connectivity index (χ0n) is 13.4. The second-order valence-electron chi connectivity index (χ2n) is 7.56. The van der Waals surface area contributed by atoms with Gasteiger partial charge in [-0.1, -0.05) is 29.8 Å². The van der Waals surface area contributed by atoms with E-state index in [1.54, 1.807) is 0 Å². The van der Waals surface area contributed by atoms with Crippen LogP contribution in [0.3, 0.4) is 0 Å². The van der Waals surface area contributed by atoms with E-state index in [-0.39, 0.29) is 42.2 Å². The molecule has 1 aromatic rings. The third kappa shape index (κ3) is 1.86. The van der Waals surface area contributed by atoms with Crippen molar-refractivity contribution in [2.45, 2.75) is 13.3 Å². The van der Waals surface area contributed by atoms with Gasteiger partial charge in [-0.05, 0) is 54.7 Å². The third-order valence-electron chi connectivity index (χ3n) is 6.37. The molecule has 0 aromatic heterocycles. The predicted octanol–water partition coefficient (Wildman–Crippen LogP) is 3.07. The number of rotatable bonds is 3. The average molecular weight is 343 g/mol. The lowest BCUT2D eigenvalue weighted by Crippen LogP contribution is -2.40. The lowest BCUT2D eigenvalue weighted by atomic mass is 9.63. The largest absolute Gasteiger partial charge is 0.367 e. The standard InChI is InChI=1S/C19H19ClN2O2/c1-9-2-3-10(6-15(9)20)21-8-22-18(23)16-11-4-5-12(14-7-13(11)14)17(16)19(22)24/h2-6,11-14,16-17,21H,7-8H2,1H3/t11-,12-,13+,14+,16-,17-/m1/s1. The molecule has 0 unspecified atom stereocenters. The van der Waals surface area contributed by atoms with E-state index in [0.717, 1.165) is 11.3 Å². The molecule has 1 saturated heterocycles. The maximum Gasteiger partial charge on any atom is 0.235 e. The highest BCUT2D eigenvalue weighted by Gasteiger charge is 2.66. The molecule has 1 N–H and O–H groups in total. The molecule has 2 bridgehead atoms.